The molecular formula is C23H25F3N2O4S2. The van der Waals surface area contributed by atoms with Crippen LogP contribution in [0.5, 0.6) is 0 Å². The summed E-state index contributed by atoms with van der Waals surface area (Å²) in [6.45, 7) is 4.36. The van der Waals surface area contributed by atoms with Crippen LogP contribution in [0.3, 0.4) is 0 Å². The number of hydrogen-bond acceptors (Lipinski definition) is 5. The summed E-state index contributed by atoms with van der Waals surface area (Å²) < 4.78 is 66.7. The maximum absolute atomic E-state index is 13.7. The number of carboxylic acids is 1. The van der Waals surface area contributed by atoms with Gasteiger partial charge in [-0.3, -0.25) is 4.79 Å². The number of halogens is 3. The fourth-order valence-electron chi connectivity index (χ4n) is 5.00. The number of nitrogens with zero attached hydrogens (tertiary/aromatic N) is 2. The molecule has 34 heavy (non-hydrogen) atoms. The standard InChI is InChI=1S/C23H25F3N2O4S2/c1-14-12-27(18-6-8-19(9-7-18)33-23(24,25)26)13-15(2)28(14)34(31,32)21-5-3-4-16-10-17(22(29)30)11-20(16)21/h3-9,14-15,17H,10-13H2,1-2H3,(H,29,30). The van der Waals surface area contributed by atoms with E-state index >= 15 is 0 Å². The SMILES string of the molecule is CC1CN(c2ccc(SC(F)(F)F)cc2)CC(C)N1S(=O)(=O)c1cccc2c1CC(C(=O)O)C2. The normalized spacial score (nSPS) is 23.7. The molecule has 0 saturated carbocycles. The minimum atomic E-state index is -4.35. The highest BCUT2D eigenvalue weighted by molar-refractivity contribution is 8.00. The second kappa shape index (κ2) is 9.09. The molecule has 1 fully saturated rings. The molecule has 4 rings (SSSR count). The van der Waals surface area contributed by atoms with Crippen molar-refractivity contribution in [1.82, 2.24) is 4.31 Å². The van der Waals surface area contributed by atoms with Crippen molar-refractivity contribution in [3.05, 3.63) is 53.6 Å². The molecule has 1 aliphatic heterocycles. The topological polar surface area (TPSA) is 77.9 Å². The molecule has 1 heterocycles. The number of carboxylic acid groups (broad SMARTS) is 1. The number of anilines is 1. The van der Waals surface area contributed by atoms with E-state index in [2.05, 4.69) is 0 Å². The molecule has 2 aliphatic rings. The summed E-state index contributed by atoms with van der Waals surface area (Å²) in [6, 6.07) is 10.3. The molecule has 0 aromatic heterocycles. The number of fused-ring (bicyclic) bond motifs is 1. The Bertz CT molecular complexity index is 1170. The van der Waals surface area contributed by atoms with Gasteiger partial charge in [-0.1, -0.05) is 12.1 Å². The van der Waals surface area contributed by atoms with E-state index in [-0.39, 0.29) is 28.0 Å². The fourth-order valence-corrected chi connectivity index (χ4v) is 7.62. The average molecular weight is 515 g/mol. The summed E-state index contributed by atoms with van der Waals surface area (Å²) in [7, 11) is -3.88. The van der Waals surface area contributed by atoms with Gasteiger partial charge >= 0.3 is 11.5 Å². The van der Waals surface area contributed by atoms with Gasteiger partial charge in [0.05, 0.1) is 10.8 Å². The molecule has 0 radical (unpaired) electrons. The van der Waals surface area contributed by atoms with Crippen LogP contribution < -0.4 is 4.90 Å². The van der Waals surface area contributed by atoms with E-state index in [1.165, 1.54) is 16.4 Å². The Hall–Kier alpha value is -2.24. The van der Waals surface area contributed by atoms with E-state index in [4.69, 9.17) is 0 Å². The van der Waals surface area contributed by atoms with Crippen molar-refractivity contribution in [1.29, 1.82) is 0 Å². The minimum Gasteiger partial charge on any atom is -0.481 e. The molecule has 3 unspecified atom stereocenters. The van der Waals surface area contributed by atoms with Gasteiger partial charge < -0.3 is 10.0 Å². The molecule has 0 bridgehead atoms. The monoisotopic (exact) mass is 514 g/mol. The van der Waals surface area contributed by atoms with Crippen molar-refractivity contribution in [2.75, 3.05) is 18.0 Å². The summed E-state index contributed by atoms with van der Waals surface area (Å²) >= 11 is -0.173. The van der Waals surface area contributed by atoms with Gasteiger partial charge in [-0.15, -0.1) is 0 Å². The number of carbonyl (C=O) groups is 1. The Labute approximate surface area is 200 Å². The number of aliphatic carboxylic acids is 1. The summed E-state index contributed by atoms with van der Waals surface area (Å²) in [5.74, 6) is -1.56. The summed E-state index contributed by atoms with van der Waals surface area (Å²) in [5.41, 5.74) is -2.29. The Balaban J connectivity index is 1.55. The zero-order valence-electron chi connectivity index (χ0n) is 18.6. The van der Waals surface area contributed by atoms with Crippen LogP contribution in [0.2, 0.25) is 0 Å². The lowest BCUT2D eigenvalue weighted by Crippen LogP contribution is -2.58. The number of rotatable bonds is 5. The highest BCUT2D eigenvalue weighted by Gasteiger charge is 2.41. The van der Waals surface area contributed by atoms with Crippen LogP contribution in [-0.4, -0.2) is 54.5 Å². The van der Waals surface area contributed by atoms with E-state index < -0.39 is 39.5 Å². The predicted molar refractivity (Wildman–Crippen MR) is 123 cm³/mol. The highest BCUT2D eigenvalue weighted by Crippen LogP contribution is 2.38. The largest absolute Gasteiger partial charge is 0.481 e. The first-order valence-corrected chi connectivity index (χ1v) is 13.1. The van der Waals surface area contributed by atoms with Crippen molar-refractivity contribution in [2.24, 2.45) is 5.92 Å². The summed E-state index contributed by atoms with van der Waals surface area (Å²) in [4.78, 5) is 13.7. The quantitative estimate of drug-likeness (QED) is 0.597. The van der Waals surface area contributed by atoms with Gasteiger partial charge in [0.1, 0.15) is 0 Å². The number of sulfonamides is 1. The third-order valence-corrected chi connectivity index (χ3v) is 9.28. The van der Waals surface area contributed by atoms with E-state index in [0.717, 1.165) is 11.3 Å². The molecule has 2 aromatic carbocycles. The van der Waals surface area contributed by atoms with Gasteiger partial charge in [0.25, 0.3) is 0 Å². The first-order chi connectivity index (χ1) is 15.9. The number of hydrogen-bond donors (Lipinski definition) is 1. The molecule has 1 aliphatic carbocycles. The maximum atomic E-state index is 13.7. The number of thioether (sulfide) groups is 1. The van der Waals surface area contributed by atoms with Crippen LogP contribution in [0.4, 0.5) is 18.9 Å². The molecule has 2 aromatic rings. The Morgan fingerprint density at radius 1 is 1.03 bits per heavy atom. The number of alkyl halides is 3. The lowest BCUT2D eigenvalue weighted by atomic mass is 10.1. The first-order valence-electron chi connectivity index (χ1n) is 10.8. The van der Waals surface area contributed by atoms with Crippen molar-refractivity contribution >= 4 is 33.4 Å². The lowest BCUT2D eigenvalue weighted by Gasteiger charge is -2.44. The molecule has 1 N–H and O–H groups in total. The fraction of sp³-hybridized carbons (Fsp3) is 0.435. The Morgan fingerprint density at radius 2 is 1.65 bits per heavy atom. The van der Waals surface area contributed by atoms with Crippen molar-refractivity contribution < 1.29 is 31.5 Å². The zero-order valence-corrected chi connectivity index (χ0v) is 20.3. The van der Waals surface area contributed by atoms with Gasteiger partial charge in [-0.05, 0) is 79.9 Å². The molecule has 6 nitrogen and oxygen atoms in total. The van der Waals surface area contributed by atoms with E-state index in [1.54, 1.807) is 44.2 Å². The second-order valence-corrected chi connectivity index (χ2v) is 11.8. The molecular weight excluding hydrogens is 489 g/mol. The van der Waals surface area contributed by atoms with Crippen LogP contribution in [0.1, 0.15) is 25.0 Å². The minimum absolute atomic E-state index is 0.0937. The van der Waals surface area contributed by atoms with E-state index in [0.29, 0.717) is 25.1 Å². The van der Waals surface area contributed by atoms with Crippen LogP contribution in [0.25, 0.3) is 0 Å². The van der Waals surface area contributed by atoms with E-state index in [1.807, 2.05) is 4.90 Å². The van der Waals surface area contributed by atoms with Crippen LogP contribution in [0, 0.1) is 5.92 Å². The maximum Gasteiger partial charge on any atom is 0.446 e. The third-order valence-electron chi connectivity index (χ3n) is 6.33. The van der Waals surface area contributed by atoms with Crippen LogP contribution >= 0.6 is 11.8 Å². The average Bonchev–Trinajstić information content (AvgIpc) is 3.17. The van der Waals surface area contributed by atoms with Crippen molar-refractivity contribution in [3.8, 4) is 0 Å². The molecule has 1 saturated heterocycles. The van der Waals surface area contributed by atoms with Gasteiger partial charge in [-0.25, -0.2) is 8.42 Å². The first kappa shape index (κ1) is 24.9. The Kier molecular flexibility index (Phi) is 6.65. The number of benzene rings is 2. The lowest BCUT2D eigenvalue weighted by molar-refractivity contribution is -0.141. The van der Waals surface area contributed by atoms with Crippen LogP contribution in [-0.2, 0) is 27.7 Å². The van der Waals surface area contributed by atoms with Gasteiger partial charge in [0, 0.05) is 35.8 Å². The van der Waals surface area contributed by atoms with Crippen LogP contribution in [0.15, 0.2) is 52.3 Å². The Morgan fingerprint density at radius 3 is 2.21 bits per heavy atom. The number of piperazine rings is 1. The molecule has 11 heteroatoms. The predicted octanol–water partition coefficient (Wildman–Crippen LogP) is 4.39. The smallest absolute Gasteiger partial charge is 0.446 e. The molecule has 0 spiro atoms. The molecule has 0 amide bonds. The van der Waals surface area contributed by atoms with Gasteiger partial charge in [0.15, 0.2) is 0 Å². The van der Waals surface area contributed by atoms with Crippen molar-refractivity contribution in [3.63, 3.8) is 0 Å². The van der Waals surface area contributed by atoms with E-state index in [9.17, 15) is 31.5 Å². The summed E-state index contributed by atoms with van der Waals surface area (Å²) in [6.07, 6.45) is 0.501. The molecule has 184 valence electrons. The van der Waals surface area contributed by atoms with Crippen molar-refractivity contribution in [2.45, 2.75) is 54.1 Å². The third kappa shape index (κ3) is 4.92. The van der Waals surface area contributed by atoms with Gasteiger partial charge in [0.2, 0.25) is 10.0 Å². The van der Waals surface area contributed by atoms with Gasteiger partial charge in [-0.2, -0.15) is 17.5 Å². The summed E-state index contributed by atoms with van der Waals surface area (Å²) in [5, 5.41) is 9.40. The highest BCUT2D eigenvalue weighted by atomic mass is 32.2. The zero-order chi connectivity index (χ0) is 24.8. The molecule has 3 atom stereocenters. The second-order valence-electron chi connectivity index (χ2n) is 8.82.